The second-order valence-electron chi connectivity index (χ2n) is 12.7. The van der Waals surface area contributed by atoms with Gasteiger partial charge >= 0.3 is 16.9 Å². The summed E-state index contributed by atoms with van der Waals surface area (Å²) in [4.78, 5) is 0. The summed E-state index contributed by atoms with van der Waals surface area (Å²) in [5.41, 5.74) is 5.27. The normalized spacial score (nSPS) is 12.9. The molecule has 0 heterocycles. The molecule has 0 saturated heterocycles. The van der Waals surface area contributed by atoms with Crippen molar-refractivity contribution in [2.45, 2.75) is 105 Å². The minimum Gasteiger partial charge on any atom is -0.540 e. The maximum atomic E-state index is 15.3. The van der Waals surface area contributed by atoms with Gasteiger partial charge in [-0.3, -0.25) is 0 Å². The third-order valence-electron chi connectivity index (χ3n) is 8.83. The number of hydrogen-bond acceptors (Lipinski definition) is 3. The van der Waals surface area contributed by atoms with Crippen LogP contribution in [0.25, 0.3) is 10.8 Å². The summed E-state index contributed by atoms with van der Waals surface area (Å²) in [7, 11) is -3.71. The molecule has 0 spiro atoms. The molecular weight excluding hydrogens is 506 g/mol. The van der Waals surface area contributed by atoms with Gasteiger partial charge in [0.1, 0.15) is 19.6 Å². The van der Waals surface area contributed by atoms with E-state index in [2.05, 4.69) is 94.5 Å². The summed E-state index contributed by atoms with van der Waals surface area (Å²) < 4.78 is 21.7. The van der Waals surface area contributed by atoms with Gasteiger partial charge in [0.05, 0.1) is 5.56 Å². The Morgan fingerprint density at radius 1 is 0.842 bits per heavy atom. The van der Waals surface area contributed by atoms with Gasteiger partial charge in [-0.05, 0) is 63.4 Å². The average Bonchev–Trinajstić information content (AvgIpc) is 2.79. The molecule has 0 aliphatic rings. The molecule has 2 radical (unpaired) electrons. The first-order chi connectivity index (χ1) is 17.5. The molecule has 38 heavy (non-hydrogen) atoms. The molecule has 0 amide bonds. The Morgan fingerprint density at radius 2 is 1.34 bits per heavy atom. The number of rotatable bonds is 10. The van der Waals surface area contributed by atoms with Crippen molar-refractivity contribution in [3.05, 3.63) is 35.6 Å². The highest BCUT2D eigenvalue weighted by Gasteiger charge is 2.43. The first kappa shape index (κ1) is 32.6. The lowest BCUT2D eigenvalue weighted by molar-refractivity contribution is 0.215. The zero-order valence-corrected chi connectivity index (χ0v) is 27.5. The lowest BCUT2D eigenvalue weighted by Crippen LogP contribution is -2.43. The van der Waals surface area contributed by atoms with Gasteiger partial charge in [0, 0.05) is 10.4 Å². The van der Waals surface area contributed by atoms with E-state index < -0.39 is 21.0 Å². The quantitative estimate of drug-likeness (QED) is 0.238. The van der Waals surface area contributed by atoms with Crippen LogP contribution in [0, 0.1) is 35.0 Å². The van der Waals surface area contributed by atoms with Crippen molar-refractivity contribution in [3.8, 4) is 17.2 Å². The SMILES string of the molecule is CC(C)C([Si]Oc1cc(B(O)O)c2c(C#C[Si](C(C)C)(C(C)C)C(C)C)c(F)ccc2c1)(C(C)C)C(C)C. The number of benzene rings is 2. The van der Waals surface area contributed by atoms with Gasteiger partial charge in [-0.1, -0.05) is 95.1 Å². The summed E-state index contributed by atoms with van der Waals surface area (Å²) in [6.07, 6.45) is 0. The highest BCUT2D eigenvalue weighted by Crippen LogP contribution is 2.49. The Balaban J connectivity index is 2.74. The Morgan fingerprint density at radius 3 is 1.76 bits per heavy atom. The van der Waals surface area contributed by atoms with Crippen LogP contribution in [0.5, 0.6) is 5.75 Å². The molecule has 3 nitrogen and oxygen atoms in total. The molecule has 0 aliphatic carbocycles. The van der Waals surface area contributed by atoms with E-state index in [0.717, 1.165) is 0 Å². The lowest BCUT2D eigenvalue weighted by Gasteiger charge is -2.43. The van der Waals surface area contributed by atoms with Crippen LogP contribution in [-0.2, 0) is 0 Å². The first-order valence-corrected chi connectivity index (χ1v) is 17.3. The van der Waals surface area contributed by atoms with Crippen molar-refractivity contribution in [1.82, 2.24) is 0 Å². The number of hydrogen-bond donors (Lipinski definition) is 2. The largest absolute Gasteiger partial charge is 0.540 e. The zero-order chi connectivity index (χ0) is 29.2. The van der Waals surface area contributed by atoms with Crippen LogP contribution >= 0.6 is 0 Å². The second kappa shape index (κ2) is 12.7. The summed E-state index contributed by atoms with van der Waals surface area (Å²) in [6, 6.07) is 6.63. The summed E-state index contributed by atoms with van der Waals surface area (Å²) >= 11 is 0. The van der Waals surface area contributed by atoms with Crippen molar-refractivity contribution in [2.24, 2.45) is 17.8 Å². The Labute approximate surface area is 235 Å². The van der Waals surface area contributed by atoms with Gasteiger partial charge in [-0.2, -0.15) is 0 Å². The molecule has 0 bridgehead atoms. The van der Waals surface area contributed by atoms with Crippen molar-refractivity contribution >= 4 is 41.2 Å². The van der Waals surface area contributed by atoms with Crippen LogP contribution in [0.4, 0.5) is 4.39 Å². The van der Waals surface area contributed by atoms with Crippen LogP contribution < -0.4 is 9.89 Å². The van der Waals surface area contributed by atoms with Crippen LogP contribution in [0.3, 0.4) is 0 Å². The van der Waals surface area contributed by atoms with Crippen LogP contribution in [-0.4, -0.2) is 35.0 Å². The number of fused-ring (bicyclic) bond motifs is 1. The third kappa shape index (κ3) is 6.09. The average molecular weight is 555 g/mol. The fraction of sp³-hybridized carbons (Fsp3) is 0.613. The number of halogens is 1. The minimum atomic E-state index is -2.12. The van der Waals surface area contributed by atoms with E-state index in [4.69, 9.17) is 4.43 Å². The molecule has 2 aromatic carbocycles. The maximum absolute atomic E-state index is 15.3. The van der Waals surface area contributed by atoms with Gasteiger partial charge < -0.3 is 14.5 Å². The van der Waals surface area contributed by atoms with Crippen molar-refractivity contribution in [2.75, 3.05) is 0 Å². The monoisotopic (exact) mass is 554 g/mol. The fourth-order valence-electron chi connectivity index (χ4n) is 6.93. The smallest absolute Gasteiger partial charge is 0.489 e. The Kier molecular flexibility index (Phi) is 10.9. The molecule has 0 aromatic heterocycles. The van der Waals surface area contributed by atoms with Crippen LogP contribution in [0.1, 0.15) is 88.6 Å². The molecular formula is C31H48BFO3Si2. The van der Waals surface area contributed by atoms with E-state index in [0.29, 0.717) is 50.9 Å². The topological polar surface area (TPSA) is 49.7 Å². The van der Waals surface area contributed by atoms with Gasteiger partial charge in [0.25, 0.3) is 0 Å². The van der Waals surface area contributed by atoms with Gasteiger partial charge in [0.2, 0.25) is 0 Å². The zero-order valence-electron chi connectivity index (χ0n) is 25.5. The Bertz CT molecular complexity index is 1120. The minimum absolute atomic E-state index is 0.0229. The molecule has 208 valence electrons. The van der Waals surface area contributed by atoms with E-state index in [1.54, 1.807) is 12.1 Å². The molecule has 7 heteroatoms. The summed E-state index contributed by atoms with van der Waals surface area (Å²) in [5, 5.41) is 21.9. The van der Waals surface area contributed by atoms with E-state index in [9.17, 15) is 10.0 Å². The van der Waals surface area contributed by atoms with Crippen molar-refractivity contribution < 1.29 is 18.9 Å². The first-order valence-electron chi connectivity index (χ1n) is 14.1. The van der Waals surface area contributed by atoms with E-state index in [-0.39, 0.29) is 25.8 Å². The second-order valence-corrected chi connectivity index (χ2v) is 19.5. The predicted molar refractivity (Wildman–Crippen MR) is 165 cm³/mol. The maximum Gasteiger partial charge on any atom is 0.489 e. The van der Waals surface area contributed by atoms with Crippen molar-refractivity contribution in [3.63, 3.8) is 0 Å². The lowest BCUT2D eigenvalue weighted by atomic mass is 9.76. The molecule has 0 atom stereocenters. The van der Waals surface area contributed by atoms with E-state index in [1.165, 1.54) is 6.07 Å². The molecule has 0 unspecified atom stereocenters. The van der Waals surface area contributed by atoms with Gasteiger partial charge in [-0.25, -0.2) is 4.39 Å². The molecule has 0 aliphatic heterocycles. The predicted octanol–water partition coefficient (Wildman–Crippen LogP) is 7.35. The van der Waals surface area contributed by atoms with Crippen molar-refractivity contribution in [1.29, 1.82) is 0 Å². The fourth-order valence-corrected chi connectivity index (χ4v) is 13.3. The third-order valence-corrected chi connectivity index (χ3v) is 17.5. The molecule has 0 fully saturated rings. The highest BCUT2D eigenvalue weighted by atomic mass is 28.3. The summed E-state index contributed by atoms with van der Waals surface area (Å²) in [6.45, 7) is 26.8. The standard InChI is InChI=1S/C31H48BFO3Si2/c1-19(2)31(20(3)4,21(5)6)37-36-26-17-25-13-14-29(33)27(30(25)28(18-26)32(34)35)15-16-38(22(7)8,23(9)10)24(11)12/h13-14,17-24,34-35H,1-12H3. The van der Waals surface area contributed by atoms with Gasteiger partial charge in [-0.15, -0.1) is 5.54 Å². The van der Waals surface area contributed by atoms with Crippen LogP contribution in [0.15, 0.2) is 24.3 Å². The molecule has 2 rings (SSSR count). The highest BCUT2D eigenvalue weighted by molar-refractivity contribution is 6.90. The van der Waals surface area contributed by atoms with E-state index >= 15 is 4.39 Å². The molecule has 2 aromatic rings. The Hall–Kier alpha value is -1.59. The molecule has 0 saturated carbocycles. The molecule has 2 N–H and O–H groups in total. The van der Waals surface area contributed by atoms with Crippen LogP contribution in [0.2, 0.25) is 21.7 Å². The van der Waals surface area contributed by atoms with E-state index in [1.807, 2.05) is 6.07 Å². The summed E-state index contributed by atoms with van der Waals surface area (Å²) in [5.74, 6) is 4.58. The van der Waals surface area contributed by atoms with Gasteiger partial charge in [0.15, 0.2) is 0 Å².